The standard InChI is InChI=1S/C20H18O5/c1-8-17(22)11-7-25-19(24)15-14-10-4-6-13(21)9(10)3-5-12(14)20(2,16(11)15)18(8)23/h3,5,7-8,17-18,22-23H,4,6H2,1-2H3/t8-,17+,18-,20-/m1/s1. The lowest BCUT2D eigenvalue weighted by molar-refractivity contribution is -0.0251. The zero-order chi connectivity index (χ0) is 17.7. The summed E-state index contributed by atoms with van der Waals surface area (Å²) in [6.45, 7) is 3.71. The molecule has 5 nitrogen and oxygen atoms in total. The van der Waals surface area contributed by atoms with Crippen LogP contribution in [0.5, 0.6) is 0 Å². The molecule has 3 aliphatic carbocycles. The highest BCUT2D eigenvalue weighted by molar-refractivity contribution is 6.04. The Balaban J connectivity index is 1.98. The van der Waals surface area contributed by atoms with Crippen molar-refractivity contribution in [1.82, 2.24) is 0 Å². The molecule has 3 aliphatic rings. The Morgan fingerprint density at radius 2 is 1.92 bits per heavy atom. The van der Waals surface area contributed by atoms with E-state index in [0.29, 0.717) is 35.1 Å². The van der Waals surface area contributed by atoms with Crippen molar-refractivity contribution in [3.05, 3.63) is 56.6 Å². The molecular weight excluding hydrogens is 320 g/mol. The van der Waals surface area contributed by atoms with Crippen molar-refractivity contribution >= 4 is 5.78 Å². The Kier molecular flexibility index (Phi) is 2.70. The summed E-state index contributed by atoms with van der Waals surface area (Å²) in [5.41, 5.74) is 3.45. The van der Waals surface area contributed by atoms with Crippen molar-refractivity contribution in [2.24, 2.45) is 5.92 Å². The lowest BCUT2D eigenvalue weighted by Gasteiger charge is -2.43. The first-order valence-electron chi connectivity index (χ1n) is 8.59. The summed E-state index contributed by atoms with van der Waals surface area (Å²) in [4.78, 5) is 24.8. The molecule has 2 aromatic rings. The fourth-order valence-electron chi connectivity index (χ4n) is 5.17. The van der Waals surface area contributed by atoms with Crippen LogP contribution in [0.3, 0.4) is 0 Å². The van der Waals surface area contributed by atoms with Crippen LogP contribution < -0.4 is 5.63 Å². The molecule has 2 N–H and O–H groups in total. The zero-order valence-electron chi connectivity index (χ0n) is 14.0. The lowest BCUT2D eigenvalue weighted by Crippen LogP contribution is -2.47. The average Bonchev–Trinajstić information content (AvgIpc) is 3.11. The molecule has 0 amide bonds. The summed E-state index contributed by atoms with van der Waals surface area (Å²) in [6, 6.07) is 3.67. The van der Waals surface area contributed by atoms with Gasteiger partial charge >= 0.3 is 5.63 Å². The van der Waals surface area contributed by atoms with Crippen LogP contribution in [-0.2, 0) is 11.8 Å². The van der Waals surface area contributed by atoms with E-state index in [9.17, 15) is 19.8 Å². The number of carbonyl (C=O) groups excluding carboxylic acids is 1. The van der Waals surface area contributed by atoms with Crippen LogP contribution in [0.2, 0.25) is 0 Å². The second kappa shape index (κ2) is 4.48. The number of hydrogen-bond donors (Lipinski definition) is 2. The number of fused-ring (bicyclic) bond motifs is 5. The highest BCUT2D eigenvalue weighted by atomic mass is 16.4. The van der Waals surface area contributed by atoms with E-state index in [2.05, 4.69) is 0 Å². The van der Waals surface area contributed by atoms with Gasteiger partial charge in [0.1, 0.15) is 6.26 Å². The van der Waals surface area contributed by atoms with E-state index >= 15 is 0 Å². The van der Waals surface area contributed by atoms with Crippen molar-refractivity contribution in [2.45, 2.75) is 44.3 Å². The highest BCUT2D eigenvalue weighted by Gasteiger charge is 2.55. The molecular formula is C20H18O5. The molecule has 0 radical (unpaired) electrons. The lowest BCUT2D eigenvalue weighted by atomic mass is 9.64. The number of hydrogen-bond acceptors (Lipinski definition) is 5. The van der Waals surface area contributed by atoms with Crippen LogP contribution >= 0.6 is 0 Å². The van der Waals surface area contributed by atoms with Crippen LogP contribution in [0.1, 0.15) is 59.0 Å². The Morgan fingerprint density at radius 3 is 2.68 bits per heavy atom. The van der Waals surface area contributed by atoms with Gasteiger partial charge in [-0.2, -0.15) is 0 Å². The molecule has 1 aromatic carbocycles. The third-order valence-electron chi connectivity index (χ3n) is 6.49. The van der Waals surface area contributed by atoms with Crippen LogP contribution in [-0.4, -0.2) is 22.1 Å². The predicted octanol–water partition coefficient (Wildman–Crippen LogP) is 2.10. The van der Waals surface area contributed by atoms with Crippen LogP contribution in [0.15, 0.2) is 27.6 Å². The maximum absolute atomic E-state index is 12.6. The molecule has 128 valence electrons. The molecule has 1 aromatic heterocycles. The first-order valence-corrected chi connectivity index (χ1v) is 8.59. The van der Waals surface area contributed by atoms with E-state index in [1.54, 1.807) is 6.92 Å². The summed E-state index contributed by atoms with van der Waals surface area (Å²) in [7, 11) is 0. The van der Waals surface area contributed by atoms with Crippen molar-refractivity contribution in [1.29, 1.82) is 0 Å². The van der Waals surface area contributed by atoms with Gasteiger partial charge < -0.3 is 14.6 Å². The number of benzene rings is 1. The van der Waals surface area contributed by atoms with E-state index in [4.69, 9.17) is 4.42 Å². The van der Waals surface area contributed by atoms with Gasteiger partial charge in [0.25, 0.3) is 0 Å². The number of rotatable bonds is 0. The molecule has 5 heteroatoms. The highest BCUT2D eigenvalue weighted by Crippen LogP contribution is 2.58. The molecule has 0 unspecified atom stereocenters. The summed E-state index contributed by atoms with van der Waals surface area (Å²) in [6.07, 6.45) is 0.607. The van der Waals surface area contributed by atoms with Gasteiger partial charge in [-0.05, 0) is 35.6 Å². The summed E-state index contributed by atoms with van der Waals surface area (Å²) in [5, 5.41) is 21.6. The molecule has 1 heterocycles. The van der Waals surface area contributed by atoms with Gasteiger partial charge in [0.15, 0.2) is 5.78 Å². The number of aliphatic hydroxyl groups excluding tert-OH is 2. The van der Waals surface area contributed by atoms with Gasteiger partial charge in [0.05, 0.1) is 17.8 Å². The smallest absolute Gasteiger partial charge is 0.343 e. The molecule has 0 fully saturated rings. The molecule has 0 saturated heterocycles. The molecule has 0 saturated carbocycles. The quantitative estimate of drug-likeness (QED) is 0.768. The van der Waals surface area contributed by atoms with E-state index in [1.165, 1.54) is 6.26 Å². The molecule has 0 spiro atoms. The SMILES string of the molecule is C[C@@H]1[C@H](O)c2coc(=O)c3c2[C@@](C)(c2ccc4c(c2-3)CCC4=O)[C@@H]1O. The van der Waals surface area contributed by atoms with Gasteiger partial charge in [-0.1, -0.05) is 19.1 Å². The molecule has 4 atom stereocenters. The van der Waals surface area contributed by atoms with Crippen LogP contribution in [0.25, 0.3) is 11.1 Å². The van der Waals surface area contributed by atoms with Gasteiger partial charge in [-0.15, -0.1) is 0 Å². The van der Waals surface area contributed by atoms with Gasteiger partial charge in [0.2, 0.25) is 0 Å². The maximum Gasteiger partial charge on any atom is 0.343 e. The number of carbonyl (C=O) groups is 1. The minimum atomic E-state index is -0.898. The van der Waals surface area contributed by atoms with Crippen LogP contribution in [0.4, 0.5) is 0 Å². The molecule has 0 bridgehead atoms. The Hall–Kier alpha value is -2.24. The second-order valence-corrected chi connectivity index (χ2v) is 7.62. The van der Waals surface area contributed by atoms with E-state index in [0.717, 1.165) is 16.7 Å². The first-order chi connectivity index (χ1) is 11.9. The maximum atomic E-state index is 12.6. The van der Waals surface area contributed by atoms with E-state index < -0.39 is 29.2 Å². The molecule has 5 rings (SSSR count). The number of aliphatic hydroxyl groups is 2. The van der Waals surface area contributed by atoms with Crippen molar-refractivity contribution < 1.29 is 19.4 Å². The fraction of sp³-hybridized carbons (Fsp3) is 0.400. The Bertz CT molecular complexity index is 1020. The second-order valence-electron chi connectivity index (χ2n) is 7.62. The summed E-state index contributed by atoms with van der Waals surface area (Å²) >= 11 is 0. The third-order valence-corrected chi connectivity index (χ3v) is 6.49. The van der Waals surface area contributed by atoms with Gasteiger partial charge in [-0.25, -0.2) is 4.79 Å². The molecule has 25 heavy (non-hydrogen) atoms. The fourth-order valence-corrected chi connectivity index (χ4v) is 5.17. The largest absolute Gasteiger partial charge is 0.430 e. The van der Waals surface area contributed by atoms with Crippen molar-refractivity contribution in [3.8, 4) is 11.1 Å². The van der Waals surface area contributed by atoms with Crippen LogP contribution in [0, 0.1) is 5.92 Å². The number of ketones is 1. The zero-order valence-corrected chi connectivity index (χ0v) is 14.0. The third kappa shape index (κ3) is 1.52. The minimum absolute atomic E-state index is 0.0809. The average molecular weight is 338 g/mol. The summed E-state index contributed by atoms with van der Waals surface area (Å²) in [5.74, 6) is -0.323. The van der Waals surface area contributed by atoms with Gasteiger partial charge in [0, 0.05) is 28.9 Å². The van der Waals surface area contributed by atoms with E-state index in [1.807, 2.05) is 19.1 Å². The molecule has 0 aliphatic heterocycles. The predicted molar refractivity (Wildman–Crippen MR) is 89.7 cm³/mol. The topological polar surface area (TPSA) is 87.7 Å². The Labute approximate surface area is 143 Å². The number of Topliss-reactive ketones (excluding diaryl/α,β-unsaturated/α-hetero) is 1. The normalized spacial score (nSPS) is 31.7. The Morgan fingerprint density at radius 1 is 1.16 bits per heavy atom. The van der Waals surface area contributed by atoms with Crippen molar-refractivity contribution in [3.63, 3.8) is 0 Å². The van der Waals surface area contributed by atoms with E-state index in [-0.39, 0.29) is 5.78 Å². The van der Waals surface area contributed by atoms with Gasteiger partial charge in [-0.3, -0.25) is 4.79 Å². The summed E-state index contributed by atoms with van der Waals surface area (Å²) < 4.78 is 5.23. The monoisotopic (exact) mass is 338 g/mol. The first kappa shape index (κ1) is 15.0. The minimum Gasteiger partial charge on any atom is -0.430 e. The van der Waals surface area contributed by atoms with Crippen molar-refractivity contribution in [2.75, 3.05) is 0 Å².